The Labute approximate surface area is 179 Å². The van der Waals surface area contributed by atoms with Crippen molar-refractivity contribution in [1.29, 1.82) is 0 Å². The predicted molar refractivity (Wildman–Crippen MR) is 117 cm³/mol. The van der Waals surface area contributed by atoms with Gasteiger partial charge in [-0.1, -0.05) is 12.1 Å². The van der Waals surface area contributed by atoms with Gasteiger partial charge >= 0.3 is 6.03 Å². The fraction of sp³-hybridized carbons (Fsp3) is 0.227. The Hall–Kier alpha value is -3.26. The van der Waals surface area contributed by atoms with Crippen LogP contribution in [0.15, 0.2) is 70.4 Å². The number of likely N-dealkylation sites (N-methyl/N-ethyl adjacent to an activating group) is 1. The van der Waals surface area contributed by atoms with E-state index >= 15 is 0 Å². The lowest BCUT2D eigenvalue weighted by Crippen LogP contribution is -2.38. The van der Waals surface area contributed by atoms with Crippen molar-refractivity contribution in [3.05, 3.63) is 72.3 Å². The summed E-state index contributed by atoms with van der Waals surface area (Å²) in [7, 11) is 1.75. The van der Waals surface area contributed by atoms with Gasteiger partial charge in [-0.2, -0.15) is 0 Å². The third kappa shape index (κ3) is 4.65. The minimum atomic E-state index is -0.188. The van der Waals surface area contributed by atoms with Crippen molar-refractivity contribution in [3.63, 3.8) is 0 Å². The highest BCUT2D eigenvalue weighted by Crippen LogP contribution is 2.32. The van der Waals surface area contributed by atoms with Crippen LogP contribution in [0.4, 0.5) is 16.2 Å². The number of fused-ring (bicyclic) bond motifs is 1. The molecule has 0 aliphatic carbocycles. The molecular weight excluding hydrogens is 400 g/mol. The number of furan rings is 1. The maximum atomic E-state index is 12.7. The Bertz CT molecular complexity index is 1020. The summed E-state index contributed by atoms with van der Waals surface area (Å²) >= 11 is 1.65. The van der Waals surface area contributed by atoms with Crippen LogP contribution >= 0.6 is 11.8 Å². The second-order valence-electron chi connectivity index (χ2n) is 6.96. The van der Waals surface area contributed by atoms with Gasteiger partial charge in [-0.15, -0.1) is 11.8 Å². The molecule has 0 bridgehead atoms. The van der Waals surface area contributed by atoms with Crippen molar-refractivity contribution in [3.8, 4) is 0 Å². The van der Waals surface area contributed by atoms with Gasteiger partial charge in [-0.05, 0) is 42.0 Å². The molecule has 30 heavy (non-hydrogen) atoms. The SMILES string of the molecule is CN(Cc1ccco1)C(=O)Cc1ccc(NC(=O)N2CCSc3ncccc32)cc1. The van der Waals surface area contributed by atoms with Crippen LogP contribution in [0.5, 0.6) is 0 Å². The molecular formula is C22H22N4O3S. The van der Waals surface area contributed by atoms with E-state index in [1.165, 1.54) is 0 Å². The smallest absolute Gasteiger partial charge is 0.326 e. The number of carbonyl (C=O) groups excluding carboxylic acids is 2. The Morgan fingerprint density at radius 3 is 2.80 bits per heavy atom. The second-order valence-corrected chi connectivity index (χ2v) is 8.04. The maximum absolute atomic E-state index is 12.7. The molecule has 7 nitrogen and oxygen atoms in total. The van der Waals surface area contributed by atoms with Gasteiger partial charge in [-0.3, -0.25) is 9.69 Å². The lowest BCUT2D eigenvalue weighted by molar-refractivity contribution is -0.129. The number of rotatable bonds is 5. The summed E-state index contributed by atoms with van der Waals surface area (Å²) in [6.07, 6.45) is 3.62. The summed E-state index contributed by atoms with van der Waals surface area (Å²) < 4.78 is 5.29. The monoisotopic (exact) mass is 422 g/mol. The number of urea groups is 1. The van der Waals surface area contributed by atoms with E-state index < -0.39 is 0 Å². The number of hydrogen-bond donors (Lipinski definition) is 1. The van der Waals surface area contributed by atoms with Crippen LogP contribution in [-0.4, -0.2) is 41.2 Å². The summed E-state index contributed by atoms with van der Waals surface area (Å²) in [4.78, 5) is 32.8. The Kier molecular flexibility index (Phi) is 6.04. The second kappa shape index (κ2) is 9.04. The van der Waals surface area contributed by atoms with Crippen LogP contribution in [0.2, 0.25) is 0 Å². The molecule has 1 aliphatic heterocycles. The van der Waals surface area contributed by atoms with Gasteiger partial charge in [0.2, 0.25) is 5.91 Å². The van der Waals surface area contributed by atoms with E-state index in [0.29, 0.717) is 18.8 Å². The number of amides is 3. The molecule has 3 amide bonds. The number of nitrogens with one attached hydrogen (secondary N) is 1. The van der Waals surface area contributed by atoms with Crippen molar-refractivity contribution in [2.24, 2.45) is 0 Å². The van der Waals surface area contributed by atoms with E-state index in [9.17, 15) is 9.59 Å². The molecule has 0 saturated heterocycles. The number of benzene rings is 1. The first-order valence-corrected chi connectivity index (χ1v) is 10.6. The standard InChI is InChI=1S/C22H22N4O3S/c1-25(15-18-4-3-12-29-18)20(27)14-16-6-8-17(9-7-16)24-22(28)26-11-13-30-21-19(26)5-2-10-23-21/h2-10,12H,11,13-15H2,1H3,(H,24,28). The molecule has 0 radical (unpaired) electrons. The Balaban J connectivity index is 1.35. The van der Waals surface area contributed by atoms with Gasteiger partial charge in [0.15, 0.2) is 0 Å². The molecule has 1 aliphatic rings. The van der Waals surface area contributed by atoms with Gasteiger partial charge < -0.3 is 14.6 Å². The van der Waals surface area contributed by atoms with Crippen molar-refractivity contribution in [1.82, 2.24) is 9.88 Å². The van der Waals surface area contributed by atoms with E-state index in [-0.39, 0.29) is 18.4 Å². The van der Waals surface area contributed by atoms with E-state index in [1.807, 2.05) is 42.5 Å². The zero-order valence-electron chi connectivity index (χ0n) is 16.6. The van der Waals surface area contributed by atoms with Gasteiger partial charge in [0, 0.05) is 31.2 Å². The third-order valence-corrected chi connectivity index (χ3v) is 5.77. The molecule has 154 valence electrons. The molecule has 1 aromatic carbocycles. The Morgan fingerprint density at radius 2 is 2.03 bits per heavy atom. The summed E-state index contributed by atoms with van der Waals surface area (Å²) in [5.41, 5.74) is 2.39. The molecule has 0 unspecified atom stereocenters. The van der Waals surface area contributed by atoms with E-state index in [0.717, 1.165) is 27.8 Å². The first-order chi connectivity index (χ1) is 14.6. The lowest BCUT2D eigenvalue weighted by atomic mass is 10.1. The highest BCUT2D eigenvalue weighted by atomic mass is 32.2. The van der Waals surface area contributed by atoms with Crippen LogP contribution < -0.4 is 10.2 Å². The average molecular weight is 423 g/mol. The number of anilines is 2. The van der Waals surface area contributed by atoms with Crippen molar-refractivity contribution < 1.29 is 14.0 Å². The number of nitrogens with zero attached hydrogens (tertiary/aromatic N) is 3. The number of aromatic nitrogens is 1. The number of carbonyl (C=O) groups is 2. The van der Waals surface area contributed by atoms with Crippen LogP contribution in [0.25, 0.3) is 0 Å². The number of thioether (sulfide) groups is 1. The molecule has 1 N–H and O–H groups in total. The largest absolute Gasteiger partial charge is 0.467 e. The van der Waals surface area contributed by atoms with Crippen LogP contribution in [0, 0.1) is 0 Å². The average Bonchev–Trinajstić information content (AvgIpc) is 3.27. The number of pyridine rings is 1. The Morgan fingerprint density at radius 1 is 1.20 bits per heavy atom. The summed E-state index contributed by atoms with van der Waals surface area (Å²) in [6, 6.07) is 14.5. The van der Waals surface area contributed by atoms with Gasteiger partial charge in [0.25, 0.3) is 0 Å². The molecule has 0 spiro atoms. The zero-order valence-corrected chi connectivity index (χ0v) is 17.4. The van der Waals surface area contributed by atoms with Gasteiger partial charge in [0.05, 0.1) is 24.9 Å². The summed E-state index contributed by atoms with van der Waals surface area (Å²) in [6.45, 7) is 1.06. The fourth-order valence-corrected chi connectivity index (χ4v) is 4.12. The topological polar surface area (TPSA) is 78.7 Å². The van der Waals surface area contributed by atoms with Crippen LogP contribution in [-0.2, 0) is 17.8 Å². The van der Waals surface area contributed by atoms with Crippen molar-refractivity contribution in [2.75, 3.05) is 29.6 Å². The predicted octanol–water partition coefficient (Wildman–Crippen LogP) is 4.02. The van der Waals surface area contributed by atoms with Gasteiger partial charge in [0.1, 0.15) is 10.8 Å². The molecule has 8 heteroatoms. The first-order valence-electron chi connectivity index (χ1n) is 9.62. The van der Waals surface area contributed by atoms with Crippen molar-refractivity contribution in [2.45, 2.75) is 18.0 Å². The molecule has 3 heterocycles. The van der Waals surface area contributed by atoms with E-state index in [2.05, 4.69) is 10.3 Å². The van der Waals surface area contributed by atoms with E-state index in [1.54, 1.807) is 47.1 Å². The number of hydrogen-bond acceptors (Lipinski definition) is 5. The quantitative estimate of drug-likeness (QED) is 0.672. The van der Waals surface area contributed by atoms with Crippen molar-refractivity contribution >= 4 is 35.1 Å². The molecule has 0 fully saturated rings. The molecule has 0 atom stereocenters. The highest BCUT2D eigenvalue weighted by molar-refractivity contribution is 7.99. The zero-order chi connectivity index (χ0) is 20.9. The molecule has 3 aromatic rings. The van der Waals surface area contributed by atoms with Gasteiger partial charge in [-0.25, -0.2) is 9.78 Å². The lowest BCUT2D eigenvalue weighted by Gasteiger charge is -2.28. The minimum absolute atomic E-state index is 0.00175. The fourth-order valence-electron chi connectivity index (χ4n) is 3.19. The minimum Gasteiger partial charge on any atom is -0.467 e. The van der Waals surface area contributed by atoms with Crippen LogP contribution in [0.1, 0.15) is 11.3 Å². The molecule has 2 aromatic heterocycles. The summed E-state index contributed by atoms with van der Waals surface area (Å²) in [5, 5.41) is 3.79. The van der Waals surface area contributed by atoms with E-state index in [4.69, 9.17) is 4.42 Å². The summed E-state index contributed by atoms with van der Waals surface area (Å²) in [5.74, 6) is 1.55. The molecule has 4 rings (SSSR count). The normalized spacial score (nSPS) is 12.9. The molecule has 0 saturated carbocycles. The maximum Gasteiger partial charge on any atom is 0.326 e. The first kappa shape index (κ1) is 20.0. The third-order valence-electron chi connectivity index (χ3n) is 4.80. The van der Waals surface area contributed by atoms with Crippen LogP contribution in [0.3, 0.4) is 0 Å². The highest BCUT2D eigenvalue weighted by Gasteiger charge is 2.23.